The van der Waals surface area contributed by atoms with Crippen molar-refractivity contribution in [2.75, 3.05) is 6.54 Å². The van der Waals surface area contributed by atoms with Crippen LogP contribution in [-0.2, 0) is 9.59 Å². The fourth-order valence-corrected chi connectivity index (χ4v) is 2.62. The average Bonchev–Trinajstić information content (AvgIpc) is 2.45. The van der Waals surface area contributed by atoms with Gasteiger partial charge in [-0.1, -0.05) is 19.3 Å². The molecule has 4 N–H and O–H groups in total. The van der Waals surface area contributed by atoms with Gasteiger partial charge in [0.05, 0.1) is 0 Å². The summed E-state index contributed by atoms with van der Waals surface area (Å²) in [4.78, 5) is 34.7. The van der Waals surface area contributed by atoms with E-state index in [2.05, 4.69) is 16.0 Å². The first-order valence-electron chi connectivity index (χ1n) is 7.53. The lowest BCUT2D eigenvalue weighted by Gasteiger charge is -2.28. The van der Waals surface area contributed by atoms with Gasteiger partial charge in [-0.25, -0.2) is 9.59 Å². The Hall–Kier alpha value is -1.79. The van der Waals surface area contributed by atoms with Crippen molar-refractivity contribution < 1.29 is 19.5 Å². The van der Waals surface area contributed by atoms with Crippen LogP contribution in [0.1, 0.15) is 46.0 Å². The van der Waals surface area contributed by atoms with Crippen molar-refractivity contribution in [3.05, 3.63) is 0 Å². The molecule has 0 spiro atoms. The number of nitrogens with one attached hydrogen (secondary N) is 3. The molecule has 7 heteroatoms. The maximum Gasteiger partial charge on any atom is 0.326 e. The topological polar surface area (TPSA) is 108 Å². The summed E-state index contributed by atoms with van der Waals surface area (Å²) in [7, 11) is 0. The minimum Gasteiger partial charge on any atom is -0.480 e. The van der Waals surface area contributed by atoms with Gasteiger partial charge in [0.1, 0.15) is 12.1 Å². The van der Waals surface area contributed by atoms with Crippen LogP contribution in [0.4, 0.5) is 4.79 Å². The van der Waals surface area contributed by atoms with Crippen molar-refractivity contribution in [1.29, 1.82) is 0 Å². The van der Waals surface area contributed by atoms with Crippen LogP contribution in [0.15, 0.2) is 0 Å². The highest BCUT2D eigenvalue weighted by molar-refractivity contribution is 5.88. The summed E-state index contributed by atoms with van der Waals surface area (Å²) >= 11 is 0. The highest BCUT2D eigenvalue weighted by Gasteiger charge is 2.31. The normalized spacial score (nSPS) is 18.4. The lowest BCUT2D eigenvalue weighted by molar-refractivity contribution is -0.141. The van der Waals surface area contributed by atoms with Crippen LogP contribution < -0.4 is 16.0 Å². The van der Waals surface area contributed by atoms with Gasteiger partial charge in [0.15, 0.2) is 0 Å². The van der Waals surface area contributed by atoms with E-state index in [9.17, 15) is 19.5 Å². The summed E-state index contributed by atoms with van der Waals surface area (Å²) in [5.41, 5.74) is 0. The van der Waals surface area contributed by atoms with Crippen LogP contribution in [0.3, 0.4) is 0 Å². The minimum absolute atomic E-state index is 0.0400. The van der Waals surface area contributed by atoms with Gasteiger partial charge in [0.25, 0.3) is 0 Å². The zero-order chi connectivity index (χ0) is 15.8. The lowest BCUT2D eigenvalue weighted by atomic mass is 9.84. The standard InChI is InChI=1S/C14H25N3O4/c1-3-15-12(18)9(2)16-14(21)17-11(13(19)20)10-7-5-4-6-8-10/h9-11H,3-8H2,1-2H3,(H,15,18)(H,19,20)(H2,16,17,21). The molecule has 2 atom stereocenters. The first-order valence-corrected chi connectivity index (χ1v) is 7.53. The van der Waals surface area contributed by atoms with Crippen LogP contribution in [0, 0.1) is 5.92 Å². The maximum atomic E-state index is 11.9. The van der Waals surface area contributed by atoms with E-state index >= 15 is 0 Å². The number of hydrogen-bond donors (Lipinski definition) is 4. The molecule has 1 aliphatic carbocycles. The first kappa shape index (κ1) is 17.3. The van der Waals surface area contributed by atoms with Crippen molar-refractivity contribution in [3.8, 4) is 0 Å². The molecule has 0 radical (unpaired) electrons. The van der Waals surface area contributed by atoms with Gasteiger partial charge in [-0.2, -0.15) is 0 Å². The summed E-state index contributed by atoms with van der Waals surface area (Å²) in [6.45, 7) is 3.82. The largest absolute Gasteiger partial charge is 0.480 e. The van der Waals surface area contributed by atoms with Gasteiger partial charge in [0, 0.05) is 6.54 Å². The number of carboxylic acids is 1. The summed E-state index contributed by atoms with van der Waals surface area (Å²) < 4.78 is 0. The van der Waals surface area contributed by atoms with Crippen LogP contribution >= 0.6 is 0 Å². The molecule has 120 valence electrons. The zero-order valence-electron chi connectivity index (χ0n) is 12.6. The summed E-state index contributed by atoms with van der Waals surface area (Å²) in [6, 6.07) is -2.22. The van der Waals surface area contributed by atoms with Crippen molar-refractivity contribution >= 4 is 17.9 Å². The number of carboxylic acid groups (broad SMARTS) is 1. The van der Waals surface area contributed by atoms with E-state index in [1.165, 1.54) is 0 Å². The molecule has 1 rings (SSSR count). The van der Waals surface area contributed by atoms with Crippen LogP contribution in [0.2, 0.25) is 0 Å². The van der Waals surface area contributed by atoms with Gasteiger partial charge < -0.3 is 21.1 Å². The molecule has 0 aromatic heterocycles. The van der Waals surface area contributed by atoms with Gasteiger partial charge in [-0.3, -0.25) is 4.79 Å². The Labute approximate surface area is 124 Å². The number of urea groups is 1. The molecule has 3 amide bonds. The van der Waals surface area contributed by atoms with E-state index in [0.29, 0.717) is 6.54 Å². The van der Waals surface area contributed by atoms with E-state index in [0.717, 1.165) is 32.1 Å². The predicted molar refractivity (Wildman–Crippen MR) is 77.8 cm³/mol. The second-order valence-corrected chi connectivity index (χ2v) is 5.45. The fourth-order valence-electron chi connectivity index (χ4n) is 2.62. The molecule has 0 heterocycles. The average molecular weight is 299 g/mol. The monoisotopic (exact) mass is 299 g/mol. The van der Waals surface area contributed by atoms with E-state index in [-0.39, 0.29) is 11.8 Å². The summed E-state index contributed by atoms with van der Waals surface area (Å²) in [5.74, 6) is -1.36. The molecule has 0 aromatic carbocycles. The molecule has 0 saturated heterocycles. The molecular formula is C14H25N3O4. The third-order valence-corrected chi connectivity index (χ3v) is 3.77. The van der Waals surface area contributed by atoms with Gasteiger partial charge in [0.2, 0.25) is 5.91 Å². The van der Waals surface area contributed by atoms with Gasteiger partial charge in [-0.05, 0) is 32.6 Å². The third-order valence-electron chi connectivity index (χ3n) is 3.77. The fraction of sp³-hybridized carbons (Fsp3) is 0.786. The minimum atomic E-state index is -1.03. The Kier molecular flexibility index (Phi) is 6.98. The number of likely N-dealkylation sites (N-methyl/N-ethyl adjacent to an activating group) is 1. The molecule has 0 aliphatic heterocycles. The van der Waals surface area contributed by atoms with Gasteiger partial charge in [-0.15, -0.1) is 0 Å². The number of hydrogen-bond acceptors (Lipinski definition) is 3. The van der Waals surface area contributed by atoms with E-state index in [4.69, 9.17) is 0 Å². The van der Waals surface area contributed by atoms with Crippen molar-refractivity contribution in [3.63, 3.8) is 0 Å². The van der Waals surface area contributed by atoms with Crippen LogP contribution in [0.5, 0.6) is 0 Å². The predicted octanol–water partition coefficient (Wildman–Crippen LogP) is 0.844. The molecule has 21 heavy (non-hydrogen) atoms. The molecule has 1 saturated carbocycles. The number of carbonyl (C=O) groups excluding carboxylic acids is 2. The van der Waals surface area contributed by atoms with Crippen molar-refractivity contribution in [2.24, 2.45) is 5.92 Å². The smallest absolute Gasteiger partial charge is 0.326 e. The third kappa shape index (κ3) is 5.61. The molecule has 0 bridgehead atoms. The summed E-state index contributed by atoms with van der Waals surface area (Å²) in [5, 5.41) is 16.8. The first-order chi connectivity index (χ1) is 9.95. The Morgan fingerprint density at radius 1 is 1.14 bits per heavy atom. The number of rotatable bonds is 6. The molecular weight excluding hydrogens is 274 g/mol. The summed E-state index contributed by atoms with van der Waals surface area (Å²) in [6.07, 6.45) is 4.72. The lowest BCUT2D eigenvalue weighted by Crippen LogP contribution is -2.54. The van der Waals surface area contributed by atoms with Crippen LogP contribution in [-0.4, -0.2) is 41.6 Å². The number of amides is 3. The van der Waals surface area contributed by atoms with Crippen molar-refractivity contribution in [1.82, 2.24) is 16.0 Å². The number of aliphatic carboxylic acids is 1. The van der Waals surface area contributed by atoms with E-state index in [1.54, 1.807) is 13.8 Å². The van der Waals surface area contributed by atoms with Crippen LogP contribution in [0.25, 0.3) is 0 Å². The molecule has 0 aromatic rings. The maximum absolute atomic E-state index is 11.9. The van der Waals surface area contributed by atoms with E-state index < -0.39 is 24.1 Å². The molecule has 1 aliphatic rings. The molecule has 1 fully saturated rings. The van der Waals surface area contributed by atoms with Gasteiger partial charge >= 0.3 is 12.0 Å². The van der Waals surface area contributed by atoms with E-state index in [1.807, 2.05) is 0 Å². The Bertz CT molecular complexity index is 380. The Morgan fingerprint density at radius 2 is 1.76 bits per heavy atom. The highest BCUT2D eigenvalue weighted by atomic mass is 16.4. The van der Waals surface area contributed by atoms with Crippen molar-refractivity contribution in [2.45, 2.75) is 58.0 Å². The Balaban J connectivity index is 2.52. The molecule has 2 unspecified atom stereocenters. The highest BCUT2D eigenvalue weighted by Crippen LogP contribution is 2.26. The Morgan fingerprint density at radius 3 is 2.29 bits per heavy atom. The number of carbonyl (C=O) groups is 3. The zero-order valence-corrected chi connectivity index (χ0v) is 12.6. The quantitative estimate of drug-likeness (QED) is 0.583. The molecule has 7 nitrogen and oxygen atoms in total. The second kappa shape index (κ2) is 8.49. The second-order valence-electron chi connectivity index (χ2n) is 5.45. The SMILES string of the molecule is CCNC(=O)C(C)NC(=O)NC(C(=O)O)C1CCCCC1.